The lowest BCUT2D eigenvalue weighted by molar-refractivity contribution is -0.158. The third-order valence-corrected chi connectivity index (χ3v) is 5.31. The largest absolute Gasteiger partial charge is 0.468 e. The summed E-state index contributed by atoms with van der Waals surface area (Å²) in [7, 11) is 2.36. The molecule has 0 saturated carbocycles. The van der Waals surface area contributed by atoms with Gasteiger partial charge in [0.1, 0.15) is 5.69 Å². The van der Waals surface area contributed by atoms with Crippen molar-refractivity contribution < 1.29 is 23.9 Å². The number of nitrogens with one attached hydrogen (secondary N) is 1. The zero-order chi connectivity index (χ0) is 17.8. The van der Waals surface area contributed by atoms with Crippen molar-refractivity contribution in [3.8, 4) is 11.5 Å². The Hall–Kier alpha value is -2.95. The van der Waals surface area contributed by atoms with E-state index >= 15 is 0 Å². The summed E-state index contributed by atoms with van der Waals surface area (Å²) >= 11 is 0.962. The van der Waals surface area contributed by atoms with Crippen molar-refractivity contribution in [2.24, 2.45) is 0 Å². The van der Waals surface area contributed by atoms with Crippen LogP contribution in [0.2, 0.25) is 0 Å². The Morgan fingerprint density at radius 1 is 1.32 bits per heavy atom. The zero-order valence-electron chi connectivity index (χ0n) is 13.0. The van der Waals surface area contributed by atoms with Crippen molar-refractivity contribution in [2.75, 3.05) is 14.2 Å². The van der Waals surface area contributed by atoms with Crippen LogP contribution >= 0.6 is 11.8 Å². The average Bonchev–Trinajstić information content (AvgIpc) is 3.16. The van der Waals surface area contributed by atoms with Gasteiger partial charge in [-0.2, -0.15) is 0 Å². The standard InChI is InChI=1S/C14H11N5O5S/c1-23-11(21)8-14(12(22)24-2)16-10(20)6-4-3-5-15-7(6)9-17-18-13(25-8)19(9)14/h3-5,8H,1-2H3,(H,16,20)/t8-,14-/m0/s1. The number of hydrogen-bond donors (Lipinski definition) is 1. The Balaban J connectivity index is 2.05. The minimum Gasteiger partial charge on any atom is -0.468 e. The van der Waals surface area contributed by atoms with E-state index in [4.69, 9.17) is 9.47 Å². The maximum atomic E-state index is 12.8. The number of thioether (sulfide) groups is 1. The number of amides is 1. The number of hydrogen-bond acceptors (Lipinski definition) is 9. The molecule has 11 heteroatoms. The van der Waals surface area contributed by atoms with Crippen LogP contribution in [0.15, 0.2) is 23.5 Å². The monoisotopic (exact) mass is 361 g/mol. The summed E-state index contributed by atoms with van der Waals surface area (Å²) in [5.41, 5.74) is -1.39. The number of methoxy groups -OCH3 is 2. The van der Waals surface area contributed by atoms with E-state index in [1.165, 1.54) is 25.0 Å². The summed E-state index contributed by atoms with van der Waals surface area (Å²) in [5, 5.41) is 9.85. The molecule has 2 aliphatic rings. The van der Waals surface area contributed by atoms with Crippen LogP contribution < -0.4 is 5.32 Å². The van der Waals surface area contributed by atoms with E-state index in [1.807, 2.05) is 0 Å². The first-order valence-electron chi connectivity index (χ1n) is 7.11. The first-order valence-corrected chi connectivity index (χ1v) is 7.99. The van der Waals surface area contributed by atoms with E-state index in [1.54, 1.807) is 12.1 Å². The van der Waals surface area contributed by atoms with Gasteiger partial charge in [-0.25, -0.2) is 4.79 Å². The van der Waals surface area contributed by atoms with Crippen LogP contribution in [0.25, 0.3) is 11.5 Å². The SMILES string of the molecule is COC(=O)[C@@H]1Sc2nnc3n2[C@@]1(C(=O)OC)NC(=O)c1cccnc1-3. The molecule has 2 aliphatic heterocycles. The van der Waals surface area contributed by atoms with Crippen LogP contribution in [0.4, 0.5) is 0 Å². The molecule has 0 bridgehead atoms. The van der Waals surface area contributed by atoms with E-state index in [0.29, 0.717) is 0 Å². The quantitative estimate of drug-likeness (QED) is 0.708. The summed E-state index contributed by atoms with van der Waals surface area (Å²) in [6, 6.07) is 3.13. The highest BCUT2D eigenvalue weighted by Crippen LogP contribution is 2.47. The molecule has 4 rings (SSSR count). The first kappa shape index (κ1) is 15.6. The van der Waals surface area contributed by atoms with Gasteiger partial charge in [0.25, 0.3) is 5.91 Å². The second-order valence-corrected chi connectivity index (χ2v) is 6.35. The molecule has 128 valence electrons. The fraction of sp³-hybridized carbons (Fsp3) is 0.286. The molecule has 2 aromatic rings. The number of pyridine rings is 1. The Morgan fingerprint density at radius 2 is 2.12 bits per heavy atom. The van der Waals surface area contributed by atoms with Gasteiger partial charge in [-0.15, -0.1) is 10.2 Å². The van der Waals surface area contributed by atoms with Crippen LogP contribution in [-0.2, 0) is 24.7 Å². The predicted molar refractivity (Wildman–Crippen MR) is 82.4 cm³/mol. The lowest BCUT2D eigenvalue weighted by Crippen LogP contribution is -2.62. The molecule has 0 fully saturated rings. The number of aromatic nitrogens is 4. The van der Waals surface area contributed by atoms with Crippen molar-refractivity contribution in [3.05, 3.63) is 23.9 Å². The molecule has 10 nitrogen and oxygen atoms in total. The maximum absolute atomic E-state index is 12.8. The summed E-state index contributed by atoms with van der Waals surface area (Å²) < 4.78 is 11.1. The molecular formula is C14H11N5O5S. The smallest absolute Gasteiger partial charge is 0.355 e. The van der Waals surface area contributed by atoms with Gasteiger partial charge in [0.2, 0.25) is 5.66 Å². The van der Waals surface area contributed by atoms with Crippen molar-refractivity contribution in [1.29, 1.82) is 0 Å². The third kappa shape index (κ3) is 1.86. The number of rotatable bonds is 2. The van der Waals surface area contributed by atoms with Crippen LogP contribution in [0.5, 0.6) is 0 Å². The molecule has 25 heavy (non-hydrogen) atoms. The van der Waals surface area contributed by atoms with Gasteiger partial charge in [-0.1, -0.05) is 11.8 Å². The van der Waals surface area contributed by atoms with Gasteiger partial charge in [-0.3, -0.25) is 19.1 Å². The molecule has 2 aromatic heterocycles. The van der Waals surface area contributed by atoms with Gasteiger partial charge in [0.05, 0.1) is 19.8 Å². The molecule has 1 N–H and O–H groups in total. The van der Waals surface area contributed by atoms with Gasteiger partial charge < -0.3 is 14.8 Å². The fourth-order valence-corrected chi connectivity index (χ4v) is 4.24. The van der Waals surface area contributed by atoms with Crippen LogP contribution in [0, 0.1) is 0 Å². The maximum Gasteiger partial charge on any atom is 0.355 e. The topological polar surface area (TPSA) is 125 Å². The van der Waals surface area contributed by atoms with E-state index in [2.05, 4.69) is 20.5 Å². The van der Waals surface area contributed by atoms with Crippen LogP contribution in [0.3, 0.4) is 0 Å². The Kier molecular flexibility index (Phi) is 3.29. The molecule has 0 aromatic carbocycles. The molecule has 0 saturated heterocycles. The lowest BCUT2D eigenvalue weighted by atomic mass is 10.0. The second-order valence-electron chi connectivity index (χ2n) is 5.27. The average molecular weight is 361 g/mol. The van der Waals surface area contributed by atoms with E-state index < -0.39 is 28.8 Å². The summed E-state index contributed by atoms with van der Waals surface area (Å²) in [5.74, 6) is -1.93. The zero-order valence-corrected chi connectivity index (χ0v) is 13.9. The van der Waals surface area contributed by atoms with E-state index in [0.717, 1.165) is 11.8 Å². The fourth-order valence-electron chi connectivity index (χ4n) is 2.98. The van der Waals surface area contributed by atoms with Gasteiger partial charge in [0, 0.05) is 6.20 Å². The second kappa shape index (κ2) is 5.28. The van der Waals surface area contributed by atoms with Gasteiger partial charge in [-0.05, 0) is 12.1 Å². The number of esters is 2. The predicted octanol–water partition coefficient (Wildman–Crippen LogP) is -0.443. The van der Waals surface area contributed by atoms with Crippen molar-refractivity contribution in [1.82, 2.24) is 25.1 Å². The molecule has 0 spiro atoms. The van der Waals surface area contributed by atoms with Gasteiger partial charge in [0.15, 0.2) is 16.2 Å². The molecule has 4 heterocycles. The minimum absolute atomic E-state index is 0.188. The number of nitrogens with zero attached hydrogens (tertiary/aromatic N) is 4. The summed E-state index contributed by atoms with van der Waals surface area (Å²) in [6.07, 6.45) is 1.50. The van der Waals surface area contributed by atoms with E-state index in [9.17, 15) is 14.4 Å². The number of carbonyl (C=O) groups excluding carboxylic acids is 3. The number of fused-ring (bicyclic) bond motifs is 2. The molecule has 0 aliphatic carbocycles. The van der Waals surface area contributed by atoms with Crippen molar-refractivity contribution in [3.63, 3.8) is 0 Å². The molecule has 0 unspecified atom stereocenters. The molecular weight excluding hydrogens is 350 g/mol. The Bertz CT molecular complexity index is 928. The highest BCUT2D eigenvalue weighted by atomic mass is 32.2. The first-order chi connectivity index (χ1) is 12.0. The number of ether oxygens (including phenoxy) is 2. The van der Waals surface area contributed by atoms with Crippen molar-refractivity contribution in [2.45, 2.75) is 16.1 Å². The van der Waals surface area contributed by atoms with E-state index in [-0.39, 0.29) is 22.2 Å². The third-order valence-electron chi connectivity index (χ3n) is 4.07. The molecule has 2 atom stereocenters. The number of carbonyl (C=O) groups is 3. The highest BCUT2D eigenvalue weighted by molar-refractivity contribution is 8.00. The molecule has 1 amide bonds. The highest BCUT2D eigenvalue weighted by Gasteiger charge is 2.62. The Labute approximate surface area is 144 Å². The normalized spacial score (nSPS) is 23.1. The van der Waals surface area contributed by atoms with Gasteiger partial charge >= 0.3 is 11.9 Å². The van der Waals surface area contributed by atoms with Crippen LogP contribution in [0.1, 0.15) is 10.4 Å². The summed E-state index contributed by atoms with van der Waals surface area (Å²) in [4.78, 5) is 42.0. The minimum atomic E-state index is -1.86. The lowest BCUT2D eigenvalue weighted by Gasteiger charge is -2.31. The molecule has 0 radical (unpaired) electrons. The summed E-state index contributed by atoms with van der Waals surface area (Å²) in [6.45, 7) is 0. The van der Waals surface area contributed by atoms with Crippen molar-refractivity contribution >= 4 is 29.6 Å². The Morgan fingerprint density at radius 3 is 2.84 bits per heavy atom. The van der Waals surface area contributed by atoms with Crippen LogP contribution in [-0.4, -0.2) is 57.1 Å².